The summed E-state index contributed by atoms with van der Waals surface area (Å²) >= 11 is 0. The molecular weight excluding hydrogens is 234 g/mol. The number of hydrogen-bond acceptors (Lipinski definition) is 1. The largest absolute Gasteiger partial charge is 0.341 e. The molecule has 19 heavy (non-hydrogen) atoms. The molecule has 0 unspecified atom stereocenters. The van der Waals surface area contributed by atoms with Gasteiger partial charge in [-0.25, -0.2) is 0 Å². The third-order valence-corrected chi connectivity index (χ3v) is 3.46. The standard InChI is InChI=1S/C17H21NO/c1-3-4-12-17(19)18(2)13-15-10-7-9-14-8-5-6-11-16(14)15/h5-11H,3-4,12-13H2,1-2H3. The summed E-state index contributed by atoms with van der Waals surface area (Å²) in [7, 11) is 1.89. The lowest BCUT2D eigenvalue weighted by Gasteiger charge is -2.18. The second-order valence-corrected chi connectivity index (χ2v) is 4.99. The highest BCUT2D eigenvalue weighted by atomic mass is 16.2. The van der Waals surface area contributed by atoms with Crippen molar-refractivity contribution in [3.8, 4) is 0 Å². The summed E-state index contributed by atoms with van der Waals surface area (Å²) in [6.07, 6.45) is 2.68. The van der Waals surface area contributed by atoms with Crippen molar-refractivity contribution in [2.24, 2.45) is 0 Å². The van der Waals surface area contributed by atoms with E-state index in [0.717, 1.165) is 12.8 Å². The summed E-state index contributed by atoms with van der Waals surface area (Å²) < 4.78 is 0. The summed E-state index contributed by atoms with van der Waals surface area (Å²) in [5.41, 5.74) is 1.21. The second-order valence-electron chi connectivity index (χ2n) is 4.99. The van der Waals surface area contributed by atoms with Gasteiger partial charge in [0, 0.05) is 20.0 Å². The number of carbonyl (C=O) groups is 1. The number of hydrogen-bond donors (Lipinski definition) is 0. The number of unbranched alkanes of at least 4 members (excludes halogenated alkanes) is 1. The van der Waals surface area contributed by atoms with Crippen molar-refractivity contribution in [1.82, 2.24) is 4.90 Å². The fourth-order valence-electron chi connectivity index (χ4n) is 2.29. The van der Waals surface area contributed by atoms with Gasteiger partial charge in [0.05, 0.1) is 0 Å². The molecule has 0 bridgehead atoms. The van der Waals surface area contributed by atoms with Crippen LogP contribution in [0.2, 0.25) is 0 Å². The Bertz CT molecular complexity index is 557. The molecule has 0 radical (unpaired) electrons. The van der Waals surface area contributed by atoms with Gasteiger partial charge < -0.3 is 4.90 Å². The predicted molar refractivity (Wildman–Crippen MR) is 79.9 cm³/mol. The number of amides is 1. The zero-order chi connectivity index (χ0) is 13.7. The Morgan fingerprint density at radius 3 is 2.63 bits per heavy atom. The van der Waals surface area contributed by atoms with Crippen LogP contribution in [-0.4, -0.2) is 17.9 Å². The van der Waals surface area contributed by atoms with Crippen LogP contribution in [0.3, 0.4) is 0 Å². The highest BCUT2D eigenvalue weighted by Gasteiger charge is 2.10. The Kier molecular flexibility index (Phi) is 4.56. The molecule has 2 heteroatoms. The van der Waals surface area contributed by atoms with E-state index in [0.29, 0.717) is 13.0 Å². The molecule has 2 nitrogen and oxygen atoms in total. The van der Waals surface area contributed by atoms with E-state index >= 15 is 0 Å². The highest BCUT2D eigenvalue weighted by Crippen LogP contribution is 2.19. The van der Waals surface area contributed by atoms with Crippen LogP contribution in [0.25, 0.3) is 10.8 Å². The molecule has 0 aromatic heterocycles. The van der Waals surface area contributed by atoms with Crippen LogP contribution in [0.5, 0.6) is 0 Å². The topological polar surface area (TPSA) is 20.3 Å². The van der Waals surface area contributed by atoms with Crippen molar-refractivity contribution in [2.45, 2.75) is 32.7 Å². The zero-order valence-electron chi connectivity index (χ0n) is 11.7. The van der Waals surface area contributed by atoms with Crippen molar-refractivity contribution in [3.63, 3.8) is 0 Å². The van der Waals surface area contributed by atoms with Gasteiger partial charge in [0.1, 0.15) is 0 Å². The molecule has 2 rings (SSSR count). The van der Waals surface area contributed by atoms with Crippen molar-refractivity contribution >= 4 is 16.7 Å². The highest BCUT2D eigenvalue weighted by molar-refractivity contribution is 5.86. The van der Waals surface area contributed by atoms with Crippen LogP contribution < -0.4 is 0 Å². The average molecular weight is 255 g/mol. The molecule has 2 aromatic carbocycles. The average Bonchev–Trinajstić information content (AvgIpc) is 2.45. The van der Waals surface area contributed by atoms with Crippen LogP contribution in [0, 0.1) is 0 Å². The Labute approximate surface area is 115 Å². The molecule has 0 saturated heterocycles. The maximum absolute atomic E-state index is 12.0. The first-order chi connectivity index (χ1) is 9.22. The summed E-state index contributed by atoms with van der Waals surface area (Å²) in [6.45, 7) is 2.79. The van der Waals surface area contributed by atoms with Gasteiger partial charge in [0.15, 0.2) is 0 Å². The molecule has 0 saturated carbocycles. The van der Waals surface area contributed by atoms with Gasteiger partial charge in [-0.3, -0.25) is 4.79 Å². The molecule has 0 aliphatic heterocycles. The van der Waals surface area contributed by atoms with Crippen LogP contribution in [0.4, 0.5) is 0 Å². The first kappa shape index (κ1) is 13.6. The van der Waals surface area contributed by atoms with Gasteiger partial charge in [0.25, 0.3) is 0 Å². The van der Waals surface area contributed by atoms with Crippen LogP contribution in [0.15, 0.2) is 42.5 Å². The van der Waals surface area contributed by atoms with Crippen molar-refractivity contribution in [2.75, 3.05) is 7.05 Å². The fourth-order valence-corrected chi connectivity index (χ4v) is 2.29. The normalized spacial score (nSPS) is 10.6. The van der Waals surface area contributed by atoms with Crippen LogP contribution >= 0.6 is 0 Å². The monoisotopic (exact) mass is 255 g/mol. The summed E-state index contributed by atoms with van der Waals surface area (Å²) in [5.74, 6) is 0.231. The van der Waals surface area contributed by atoms with E-state index in [-0.39, 0.29) is 5.91 Å². The quantitative estimate of drug-likeness (QED) is 0.791. The van der Waals surface area contributed by atoms with Gasteiger partial charge in [-0.2, -0.15) is 0 Å². The van der Waals surface area contributed by atoms with Crippen molar-refractivity contribution in [1.29, 1.82) is 0 Å². The lowest BCUT2D eigenvalue weighted by Crippen LogP contribution is -2.25. The van der Waals surface area contributed by atoms with E-state index in [2.05, 4.69) is 37.3 Å². The Balaban J connectivity index is 2.15. The van der Waals surface area contributed by atoms with Gasteiger partial charge in [-0.05, 0) is 22.8 Å². The number of nitrogens with zero attached hydrogens (tertiary/aromatic N) is 1. The SMILES string of the molecule is CCCCC(=O)N(C)Cc1cccc2ccccc12. The third kappa shape index (κ3) is 3.34. The molecule has 2 aromatic rings. The zero-order valence-corrected chi connectivity index (χ0v) is 11.7. The molecule has 0 atom stereocenters. The molecule has 0 heterocycles. The summed E-state index contributed by atoms with van der Waals surface area (Å²) in [5, 5.41) is 2.47. The van der Waals surface area contributed by atoms with E-state index in [1.165, 1.54) is 16.3 Å². The van der Waals surface area contributed by atoms with Gasteiger partial charge >= 0.3 is 0 Å². The summed E-state index contributed by atoms with van der Waals surface area (Å²) in [4.78, 5) is 13.8. The fraction of sp³-hybridized carbons (Fsp3) is 0.353. The number of rotatable bonds is 5. The number of benzene rings is 2. The molecule has 0 aliphatic rings. The maximum atomic E-state index is 12.0. The van der Waals surface area contributed by atoms with E-state index in [1.807, 2.05) is 24.1 Å². The van der Waals surface area contributed by atoms with E-state index in [1.54, 1.807) is 0 Å². The van der Waals surface area contributed by atoms with Crippen LogP contribution in [-0.2, 0) is 11.3 Å². The molecule has 1 amide bonds. The van der Waals surface area contributed by atoms with Crippen LogP contribution in [0.1, 0.15) is 31.7 Å². The van der Waals surface area contributed by atoms with Gasteiger partial charge in [-0.1, -0.05) is 55.8 Å². The predicted octanol–water partition coefficient (Wildman–Crippen LogP) is 3.99. The Morgan fingerprint density at radius 2 is 1.84 bits per heavy atom. The minimum Gasteiger partial charge on any atom is -0.341 e. The molecule has 100 valence electrons. The Morgan fingerprint density at radius 1 is 1.11 bits per heavy atom. The van der Waals surface area contributed by atoms with E-state index in [4.69, 9.17) is 0 Å². The molecule has 0 spiro atoms. The van der Waals surface area contributed by atoms with Crippen molar-refractivity contribution in [3.05, 3.63) is 48.0 Å². The van der Waals surface area contributed by atoms with Gasteiger partial charge in [-0.15, -0.1) is 0 Å². The van der Waals surface area contributed by atoms with Crippen molar-refractivity contribution < 1.29 is 4.79 Å². The first-order valence-electron chi connectivity index (χ1n) is 6.93. The maximum Gasteiger partial charge on any atom is 0.222 e. The van der Waals surface area contributed by atoms with E-state index < -0.39 is 0 Å². The summed E-state index contributed by atoms with van der Waals surface area (Å²) in [6, 6.07) is 14.6. The second kappa shape index (κ2) is 6.37. The molecular formula is C17H21NO. The lowest BCUT2D eigenvalue weighted by atomic mass is 10.0. The van der Waals surface area contributed by atoms with E-state index in [9.17, 15) is 4.79 Å². The molecule has 0 aliphatic carbocycles. The minimum atomic E-state index is 0.231. The molecule has 0 N–H and O–H groups in total. The third-order valence-electron chi connectivity index (χ3n) is 3.46. The lowest BCUT2D eigenvalue weighted by molar-refractivity contribution is -0.130. The smallest absolute Gasteiger partial charge is 0.222 e. The van der Waals surface area contributed by atoms with Gasteiger partial charge in [0.2, 0.25) is 5.91 Å². The minimum absolute atomic E-state index is 0.231. The molecule has 0 fully saturated rings. The number of fused-ring (bicyclic) bond motifs is 1. The number of carbonyl (C=O) groups excluding carboxylic acids is 1. The Hall–Kier alpha value is -1.83. The first-order valence-corrected chi connectivity index (χ1v) is 6.93.